The van der Waals surface area contributed by atoms with E-state index in [0.29, 0.717) is 11.3 Å². The Morgan fingerprint density at radius 3 is 2.40 bits per heavy atom. The molecule has 2 aromatic rings. The molecule has 2 amide bonds. The van der Waals surface area contributed by atoms with Gasteiger partial charge in [-0.1, -0.05) is 6.07 Å². The van der Waals surface area contributed by atoms with Crippen LogP contribution in [0.4, 0.5) is 11.4 Å². The van der Waals surface area contributed by atoms with E-state index < -0.39 is 15.9 Å². The van der Waals surface area contributed by atoms with Gasteiger partial charge in [0.15, 0.2) is 0 Å². The van der Waals surface area contributed by atoms with Crippen LogP contribution >= 0.6 is 15.9 Å². The standard InChI is InChI=1S/C17H15BrN2O4S/c1-11-2-7-15(14(18)10-11)19-17(22)12-3-5-13(6-4-12)20-16(21)8-9-25(20,23)24/h2-7,10H,8-9H2,1H3,(H,19,22). The fourth-order valence-electron chi connectivity index (χ4n) is 2.53. The molecule has 1 N–H and O–H groups in total. The van der Waals surface area contributed by atoms with Gasteiger partial charge in [0.2, 0.25) is 15.9 Å². The lowest BCUT2D eigenvalue weighted by molar-refractivity contribution is -0.116. The van der Waals surface area contributed by atoms with E-state index in [-0.39, 0.29) is 23.8 Å². The molecular weight excluding hydrogens is 408 g/mol. The average molecular weight is 423 g/mol. The summed E-state index contributed by atoms with van der Waals surface area (Å²) in [5.41, 5.74) is 2.30. The van der Waals surface area contributed by atoms with Gasteiger partial charge in [0.1, 0.15) is 0 Å². The molecule has 0 aromatic heterocycles. The second kappa shape index (κ2) is 6.61. The van der Waals surface area contributed by atoms with Crippen molar-refractivity contribution in [3.63, 3.8) is 0 Å². The largest absolute Gasteiger partial charge is 0.321 e. The van der Waals surface area contributed by atoms with E-state index in [1.54, 1.807) is 6.07 Å². The summed E-state index contributed by atoms with van der Waals surface area (Å²) >= 11 is 3.40. The second-order valence-electron chi connectivity index (χ2n) is 5.71. The van der Waals surface area contributed by atoms with Gasteiger partial charge in [-0.3, -0.25) is 9.59 Å². The van der Waals surface area contributed by atoms with Crippen LogP contribution in [0, 0.1) is 6.92 Å². The van der Waals surface area contributed by atoms with Crippen molar-refractivity contribution >= 4 is 49.1 Å². The summed E-state index contributed by atoms with van der Waals surface area (Å²) in [7, 11) is -3.60. The molecular formula is C17H15BrN2O4S. The van der Waals surface area contributed by atoms with Gasteiger partial charge in [-0.05, 0) is 64.8 Å². The van der Waals surface area contributed by atoms with Gasteiger partial charge in [-0.15, -0.1) is 0 Å². The highest BCUT2D eigenvalue weighted by molar-refractivity contribution is 9.10. The summed E-state index contributed by atoms with van der Waals surface area (Å²) in [6.07, 6.45) is -0.0218. The fourth-order valence-corrected chi connectivity index (χ4v) is 4.59. The third kappa shape index (κ3) is 3.59. The maximum absolute atomic E-state index is 12.3. The van der Waals surface area contributed by atoms with Crippen LogP contribution in [0.1, 0.15) is 22.3 Å². The molecule has 1 fully saturated rings. The SMILES string of the molecule is Cc1ccc(NC(=O)c2ccc(N3C(=O)CCS3(=O)=O)cc2)c(Br)c1. The fraction of sp³-hybridized carbons (Fsp3) is 0.176. The second-order valence-corrected chi connectivity index (χ2v) is 8.50. The van der Waals surface area contributed by atoms with Crippen molar-refractivity contribution in [3.05, 3.63) is 58.1 Å². The number of aryl methyl sites for hydroxylation is 1. The van der Waals surface area contributed by atoms with Crippen LogP contribution in [0.2, 0.25) is 0 Å². The smallest absolute Gasteiger partial charge is 0.255 e. The van der Waals surface area contributed by atoms with Gasteiger partial charge < -0.3 is 5.32 Å². The highest BCUT2D eigenvalue weighted by Crippen LogP contribution is 2.26. The zero-order chi connectivity index (χ0) is 18.2. The summed E-state index contributed by atoms with van der Waals surface area (Å²) in [6.45, 7) is 1.95. The number of halogens is 1. The number of anilines is 2. The monoisotopic (exact) mass is 422 g/mol. The number of sulfonamides is 1. The molecule has 130 valence electrons. The summed E-state index contributed by atoms with van der Waals surface area (Å²) in [5.74, 6) is -0.970. The lowest BCUT2D eigenvalue weighted by atomic mass is 10.1. The molecule has 3 rings (SSSR count). The molecule has 0 spiro atoms. The molecule has 2 aromatic carbocycles. The number of benzene rings is 2. The predicted octanol–water partition coefficient (Wildman–Crippen LogP) is 3.08. The Balaban J connectivity index is 1.80. The highest BCUT2D eigenvalue weighted by Gasteiger charge is 2.36. The number of nitrogens with zero attached hydrogens (tertiary/aromatic N) is 1. The number of rotatable bonds is 3. The Hall–Kier alpha value is -2.19. The van der Waals surface area contributed by atoms with Crippen molar-refractivity contribution in [2.24, 2.45) is 0 Å². The van der Waals surface area contributed by atoms with Crippen LogP contribution in [0.25, 0.3) is 0 Å². The Bertz CT molecular complexity index is 955. The van der Waals surface area contributed by atoms with Crippen LogP contribution < -0.4 is 9.62 Å². The van der Waals surface area contributed by atoms with Gasteiger partial charge >= 0.3 is 0 Å². The molecule has 0 bridgehead atoms. The molecule has 0 unspecified atom stereocenters. The molecule has 6 nitrogen and oxygen atoms in total. The van der Waals surface area contributed by atoms with Gasteiger partial charge in [0, 0.05) is 16.5 Å². The summed E-state index contributed by atoms with van der Waals surface area (Å²) in [4.78, 5) is 24.1. The molecule has 1 aliphatic rings. The Kier molecular flexibility index (Phi) is 4.66. The molecule has 25 heavy (non-hydrogen) atoms. The van der Waals surface area contributed by atoms with Crippen molar-refractivity contribution in [2.45, 2.75) is 13.3 Å². The quantitative estimate of drug-likeness (QED) is 0.823. The third-order valence-corrected chi connectivity index (χ3v) is 6.16. The minimum absolute atomic E-state index is 0.0218. The number of amides is 2. The van der Waals surface area contributed by atoms with Crippen molar-refractivity contribution in [1.82, 2.24) is 0 Å². The molecule has 1 aliphatic heterocycles. The molecule has 8 heteroatoms. The van der Waals surface area contributed by atoms with Gasteiger partial charge in [0.05, 0.1) is 17.1 Å². The van der Waals surface area contributed by atoms with Crippen molar-refractivity contribution in [2.75, 3.05) is 15.4 Å². The lowest BCUT2D eigenvalue weighted by Gasteiger charge is -2.15. The topological polar surface area (TPSA) is 83.6 Å². The van der Waals surface area contributed by atoms with Crippen LogP contribution in [-0.4, -0.2) is 26.0 Å². The minimum atomic E-state index is -3.60. The maximum Gasteiger partial charge on any atom is 0.255 e. The van der Waals surface area contributed by atoms with Crippen molar-refractivity contribution < 1.29 is 18.0 Å². The first-order chi connectivity index (χ1) is 11.8. The Morgan fingerprint density at radius 1 is 1.16 bits per heavy atom. The van der Waals surface area contributed by atoms with E-state index in [4.69, 9.17) is 0 Å². The van der Waals surface area contributed by atoms with E-state index in [0.717, 1.165) is 14.3 Å². The molecule has 0 radical (unpaired) electrons. The van der Waals surface area contributed by atoms with E-state index in [9.17, 15) is 18.0 Å². The van der Waals surface area contributed by atoms with E-state index in [2.05, 4.69) is 21.2 Å². The van der Waals surface area contributed by atoms with Gasteiger partial charge in [-0.2, -0.15) is 0 Å². The van der Waals surface area contributed by atoms with Crippen LogP contribution in [0.3, 0.4) is 0 Å². The first-order valence-electron chi connectivity index (χ1n) is 7.51. The van der Waals surface area contributed by atoms with Crippen LogP contribution in [-0.2, 0) is 14.8 Å². The summed E-state index contributed by atoms with van der Waals surface area (Å²) in [6, 6.07) is 11.5. The number of hydrogen-bond acceptors (Lipinski definition) is 4. The van der Waals surface area contributed by atoms with Crippen molar-refractivity contribution in [1.29, 1.82) is 0 Å². The molecule has 0 aliphatic carbocycles. The minimum Gasteiger partial charge on any atom is -0.321 e. The third-order valence-electron chi connectivity index (χ3n) is 3.82. The number of carbonyl (C=O) groups is 2. The summed E-state index contributed by atoms with van der Waals surface area (Å²) < 4.78 is 25.4. The van der Waals surface area contributed by atoms with Crippen LogP contribution in [0.5, 0.6) is 0 Å². The van der Waals surface area contributed by atoms with E-state index >= 15 is 0 Å². The van der Waals surface area contributed by atoms with E-state index in [1.807, 2.05) is 19.1 Å². The number of carbonyl (C=O) groups excluding carboxylic acids is 2. The first kappa shape index (κ1) is 17.6. The Labute approximate surface area is 154 Å². The molecule has 1 heterocycles. The first-order valence-corrected chi connectivity index (χ1v) is 9.91. The van der Waals surface area contributed by atoms with Gasteiger partial charge in [0.25, 0.3) is 5.91 Å². The van der Waals surface area contributed by atoms with Crippen molar-refractivity contribution in [3.8, 4) is 0 Å². The lowest BCUT2D eigenvalue weighted by Crippen LogP contribution is -2.29. The maximum atomic E-state index is 12.3. The predicted molar refractivity (Wildman–Crippen MR) is 99.2 cm³/mol. The van der Waals surface area contributed by atoms with Gasteiger partial charge in [-0.25, -0.2) is 12.7 Å². The van der Waals surface area contributed by atoms with E-state index in [1.165, 1.54) is 24.3 Å². The average Bonchev–Trinajstić information content (AvgIpc) is 2.83. The molecule has 0 saturated carbocycles. The Morgan fingerprint density at radius 2 is 1.84 bits per heavy atom. The number of hydrogen-bond donors (Lipinski definition) is 1. The normalized spacial score (nSPS) is 16.1. The van der Waals surface area contributed by atoms with Crippen LogP contribution in [0.15, 0.2) is 46.9 Å². The summed E-state index contributed by atoms with van der Waals surface area (Å²) in [5, 5.41) is 2.78. The number of nitrogens with one attached hydrogen (secondary N) is 1. The zero-order valence-electron chi connectivity index (χ0n) is 13.3. The zero-order valence-corrected chi connectivity index (χ0v) is 15.7. The highest BCUT2D eigenvalue weighted by atomic mass is 79.9. The molecule has 0 atom stereocenters. The molecule has 1 saturated heterocycles.